The summed E-state index contributed by atoms with van der Waals surface area (Å²) >= 11 is 3.47. The number of esters is 1. The van der Waals surface area contributed by atoms with Crippen LogP contribution >= 0.6 is 15.9 Å². The fourth-order valence-electron chi connectivity index (χ4n) is 3.57. The molecule has 1 unspecified atom stereocenters. The molecule has 4 rings (SSSR count). The molecule has 0 amide bonds. The molecule has 2 N–H and O–H groups in total. The van der Waals surface area contributed by atoms with Gasteiger partial charge < -0.3 is 19.9 Å². The van der Waals surface area contributed by atoms with Gasteiger partial charge >= 0.3 is 5.97 Å². The smallest absolute Gasteiger partial charge is 0.343 e. The molecule has 0 saturated heterocycles. The van der Waals surface area contributed by atoms with E-state index < -0.39 is 11.9 Å². The first-order chi connectivity index (χ1) is 15.5. The molecule has 32 heavy (non-hydrogen) atoms. The molecule has 0 saturated carbocycles. The van der Waals surface area contributed by atoms with Gasteiger partial charge in [-0.2, -0.15) is 5.26 Å². The summed E-state index contributed by atoms with van der Waals surface area (Å²) in [6, 6.07) is 21.7. The lowest BCUT2D eigenvalue weighted by Crippen LogP contribution is -2.21. The predicted octanol–water partition coefficient (Wildman–Crippen LogP) is 5.29. The first kappa shape index (κ1) is 21.5. The fourth-order valence-corrected chi connectivity index (χ4v) is 3.99. The van der Waals surface area contributed by atoms with E-state index in [0.29, 0.717) is 35.0 Å². The number of nitriles is 1. The maximum Gasteiger partial charge on any atom is 0.343 e. The van der Waals surface area contributed by atoms with Crippen molar-refractivity contribution in [3.8, 4) is 23.3 Å². The van der Waals surface area contributed by atoms with Crippen molar-refractivity contribution in [1.29, 1.82) is 5.26 Å². The maximum absolute atomic E-state index is 12.6. The predicted molar refractivity (Wildman–Crippen MR) is 122 cm³/mol. The Morgan fingerprint density at radius 3 is 2.69 bits per heavy atom. The largest absolute Gasteiger partial charge is 0.494 e. The average molecular weight is 491 g/mol. The topological polar surface area (TPSA) is 94.6 Å². The van der Waals surface area contributed by atoms with Crippen molar-refractivity contribution in [3.63, 3.8) is 0 Å². The third-order valence-corrected chi connectivity index (χ3v) is 5.46. The fraction of sp³-hybridized carbons (Fsp3) is 0.120. The van der Waals surface area contributed by atoms with Gasteiger partial charge in [0.15, 0.2) is 0 Å². The lowest BCUT2D eigenvalue weighted by atomic mass is 9.83. The van der Waals surface area contributed by atoms with Crippen molar-refractivity contribution in [2.45, 2.75) is 12.8 Å². The van der Waals surface area contributed by atoms with Crippen LogP contribution in [0.5, 0.6) is 17.2 Å². The van der Waals surface area contributed by atoms with E-state index in [9.17, 15) is 10.1 Å². The zero-order valence-corrected chi connectivity index (χ0v) is 18.8. The number of benzene rings is 3. The molecule has 3 aromatic rings. The molecule has 1 heterocycles. The molecule has 1 aliphatic rings. The Hall–Kier alpha value is -3.76. The number of carbonyl (C=O) groups is 1. The van der Waals surface area contributed by atoms with Crippen LogP contribution in [0.2, 0.25) is 0 Å². The molecule has 7 heteroatoms. The van der Waals surface area contributed by atoms with Crippen molar-refractivity contribution in [1.82, 2.24) is 0 Å². The summed E-state index contributed by atoms with van der Waals surface area (Å²) in [5.41, 5.74) is 8.40. The van der Waals surface area contributed by atoms with E-state index in [4.69, 9.17) is 19.9 Å². The molecule has 0 bridgehead atoms. The van der Waals surface area contributed by atoms with E-state index in [1.54, 1.807) is 42.5 Å². The second kappa shape index (κ2) is 9.16. The van der Waals surface area contributed by atoms with Gasteiger partial charge in [0.2, 0.25) is 5.88 Å². The second-order valence-corrected chi connectivity index (χ2v) is 7.95. The Morgan fingerprint density at radius 1 is 1.12 bits per heavy atom. The van der Waals surface area contributed by atoms with E-state index in [0.717, 1.165) is 15.6 Å². The Bertz CT molecular complexity index is 1260. The summed E-state index contributed by atoms with van der Waals surface area (Å²) in [5.74, 6) is 0.435. The lowest BCUT2D eigenvalue weighted by Gasteiger charge is -2.26. The van der Waals surface area contributed by atoms with Crippen molar-refractivity contribution >= 4 is 21.9 Å². The normalized spacial score (nSPS) is 14.7. The minimum absolute atomic E-state index is 0.0258. The number of hydrogen-bond acceptors (Lipinski definition) is 6. The van der Waals surface area contributed by atoms with E-state index in [1.807, 2.05) is 31.2 Å². The molecule has 0 aliphatic carbocycles. The number of halogens is 1. The van der Waals surface area contributed by atoms with Crippen LogP contribution in [0.15, 0.2) is 82.7 Å². The zero-order valence-electron chi connectivity index (χ0n) is 17.2. The van der Waals surface area contributed by atoms with Gasteiger partial charge in [-0.25, -0.2) is 4.79 Å². The SMILES string of the molecule is CCOc1cccc(C(=O)Oc2ccc3c(c2)OC(N)=C(C#N)C3c2cccc(Br)c2)c1. The number of allylic oxidation sites excluding steroid dienone is 1. The van der Waals surface area contributed by atoms with Gasteiger partial charge in [0.05, 0.1) is 18.1 Å². The number of fused-ring (bicyclic) bond motifs is 1. The molecule has 0 fully saturated rings. The van der Waals surface area contributed by atoms with Crippen LogP contribution in [-0.4, -0.2) is 12.6 Å². The van der Waals surface area contributed by atoms with E-state index in [1.165, 1.54) is 0 Å². The number of nitrogens with two attached hydrogens (primary N) is 1. The van der Waals surface area contributed by atoms with Crippen LogP contribution in [0, 0.1) is 11.3 Å². The van der Waals surface area contributed by atoms with Crippen LogP contribution in [-0.2, 0) is 0 Å². The van der Waals surface area contributed by atoms with Gasteiger partial charge in [-0.1, -0.05) is 40.2 Å². The monoisotopic (exact) mass is 490 g/mol. The summed E-state index contributed by atoms with van der Waals surface area (Å²) in [4.78, 5) is 12.6. The minimum Gasteiger partial charge on any atom is -0.494 e. The first-order valence-electron chi connectivity index (χ1n) is 9.92. The van der Waals surface area contributed by atoms with E-state index in [2.05, 4.69) is 22.0 Å². The van der Waals surface area contributed by atoms with Crippen molar-refractivity contribution in [2.75, 3.05) is 6.61 Å². The highest BCUT2D eigenvalue weighted by molar-refractivity contribution is 9.10. The summed E-state index contributed by atoms with van der Waals surface area (Å²) in [5, 5.41) is 9.69. The highest BCUT2D eigenvalue weighted by Gasteiger charge is 2.31. The van der Waals surface area contributed by atoms with Crippen molar-refractivity contribution in [2.24, 2.45) is 5.73 Å². The van der Waals surface area contributed by atoms with Crippen molar-refractivity contribution in [3.05, 3.63) is 99.3 Å². The van der Waals surface area contributed by atoms with Crippen LogP contribution < -0.4 is 19.9 Å². The Kier molecular flexibility index (Phi) is 6.15. The highest BCUT2D eigenvalue weighted by atomic mass is 79.9. The molecule has 3 aromatic carbocycles. The average Bonchev–Trinajstić information content (AvgIpc) is 2.78. The van der Waals surface area contributed by atoms with Gasteiger partial charge in [0.25, 0.3) is 0 Å². The molecule has 0 spiro atoms. The highest BCUT2D eigenvalue weighted by Crippen LogP contribution is 2.43. The van der Waals surface area contributed by atoms with Crippen LogP contribution in [0.4, 0.5) is 0 Å². The molecule has 0 aromatic heterocycles. The van der Waals surface area contributed by atoms with Gasteiger partial charge in [0.1, 0.15) is 28.9 Å². The standard InChI is InChI=1S/C25H19BrN2O4/c1-2-30-18-8-4-6-16(12-18)25(29)31-19-9-10-20-22(13-19)32-24(28)21(14-27)23(20)15-5-3-7-17(26)11-15/h3-13,23H,2,28H2,1H3. The molecule has 1 aliphatic heterocycles. The van der Waals surface area contributed by atoms with Crippen molar-refractivity contribution < 1.29 is 19.0 Å². The van der Waals surface area contributed by atoms with Gasteiger partial charge in [-0.15, -0.1) is 0 Å². The molecule has 1 atom stereocenters. The molecule has 160 valence electrons. The number of rotatable bonds is 5. The number of carbonyl (C=O) groups excluding carboxylic acids is 1. The van der Waals surface area contributed by atoms with E-state index in [-0.39, 0.29) is 5.88 Å². The Morgan fingerprint density at radius 2 is 1.94 bits per heavy atom. The van der Waals surface area contributed by atoms with Crippen LogP contribution in [0.3, 0.4) is 0 Å². The minimum atomic E-state index is -0.521. The molecular weight excluding hydrogens is 472 g/mol. The third kappa shape index (κ3) is 4.32. The molecular formula is C25H19BrN2O4. The lowest BCUT2D eigenvalue weighted by molar-refractivity contribution is 0.0734. The number of ether oxygens (including phenoxy) is 3. The molecule has 0 radical (unpaired) electrons. The Balaban J connectivity index is 1.65. The molecule has 6 nitrogen and oxygen atoms in total. The van der Waals surface area contributed by atoms with E-state index >= 15 is 0 Å². The Labute approximate surface area is 194 Å². The second-order valence-electron chi connectivity index (χ2n) is 7.03. The van der Waals surface area contributed by atoms with Gasteiger partial charge in [0, 0.05) is 16.1 Å². The quantitative estimate of drug-likeness (QED) is 0.385. The van der Waals surface area contributed by atoms with Crippen LogP contribution in [0.25, 0.3) is 0 Å². The van der Waals surface area contributed by atoms with Crippen LogP contribution in [0.1, 0.15) is 34.3 Å². The van der Waals surface area contributed by atoms with Gasteiger partial charge in [-0.05, 0) is 48.9 Å². The zero-order chi connectivity index (χ0) is 22.7. The first-order valence-corrected chi connectivity index (χ1v) is 10.7. The number of hydrogen-bond donors (Lipinski definition) is 1. The maximum atomic E-state index is 12.6. The number of nitrogens with zero attached hydrogens (tertiary/aromatic N) is 1. The third-order valence-electron chi connectivity index (χ3n) is 4.96. The summed E-state index contributed by atoms with van der Waals surface area (Å²) in [6.45, 7) is 2.37. The summed E-state index contributed by atoms with van der Waals surface area (Å²) in [6.07, 6.45) is 0. The summed E-state index contributed by atoms with van der Waals surface area (Å²) < 4.78 is 17.6. The van der Waals surface area contributed by atoms with Gasteiger partial charge in [-0.3, -0.25) is 0 Å². The summed E-state index contributed by atoms with van der Waals surface area (Å²) in [7, 11) is 0.